The molecule has 176 valence electrons. The van der Waals surface area contributed by atoms with Gasteiger partial charge in [-0.05, 0) is 12.8 Å². The summed E-state index contributed by atoms with van der Waals surface area (Å²) in [5, 5.41) is 11.3. The van der Waals surface area contributed by atoms with Gasteiger partial charge < -0.3 is 28.6 Å². The number of esters is 2. The number of hydrogen-bond donors (Lipinski definition) is 0. The predicted molar refractivity (Wildman–Crippen MR) is 111 cm³/mol. The summed E-state index contributed by atoms with van der Waals surface area (Å²) >= 11 is 0. The van der Waals surface area contributed by atoms with Gasteiger partial charge >= 0.3 is 11.9 Å². The highest BCUT2D eigenvalue weighted by molar-refractivity contribution is 5.70. The van der Waals surface area contributed by atoms with Crippen molar-refractivity contribution in [3.05, 3.63) is 0 Å². The second-order valence-corrected chi connectivity index (χ2v) is 8.52. The highest BCUT2D eigenvalue weighted by atomic mass is 16.6. The van der Waals surface area contributed by atoms with E-state index in [-0.39, 0.29) is 42.7 Å². The Hall–Kier alpha value is -1.67. The average molecular weight is 432 g/mol. The molecule has 8 heteroatoms. The van der Waals surface area contributed by atoms with Crippen LogP contribution in [0.3, 0.4) is 0 Å². The molecule has 2 atom stereocenters. The zero-order valence-corrected chi connectivity index (χ0v) is 19.4. The molecule has 0 spiro atoms. The normalized spacial score (nSPS) is 13.5. The maximum atomic E-state index is 12.1. The Morgan fingerprint density at radius 3 is 2.10 bits per heavy atom. The monoisotopic (exact) mass is 431 g/mol. The summed E-state index contributed by atoms with van der Waals surface area (Å²) < 4.78 is 16.4. The molecule has 0 rings (SSSR count). The van der Waals surface area contributed by atoms with Crippen LogP contribution in [0.1, 0.15) is 71.6 Å². The second kappa shape index (κ2) is 16.1. The molecule has 8 nitrogen and oxygen atoms in total. The van der Waals surface area contributed by atoms with Crippen LogP contribution in [0.2, 0.25) is 0 Å². The number of likely N-dealkylation sites (N-methyl/N-ethyl adjacent to an activating group) is 1. The Balaban J connectivity index is 4.52. The summed E-state index contributed by atoms with van der Waals surface area (Å²) in [4.78, 5) is 35.1. The van der Waals surface area contributed by atoms with Gasteiger partial charge in [0.15, 0.2) is 6.10 Å². The van der Waals surface area contributed by atoms with Crippen molar-refractivity contribution in [3.63, 3.8) is 0 Å². The first-order valence-corrected chi connectivity index (χ1v) is 11.1. The predicted octanol–water partition coefficient (Wildman–Crippen LogP) is 1.83. The van der Waals surface area contributed by atoms with Crippen molar-refractivity contribution in [3.8, 4) is 0 Å². The number of hydrogen-bond acceptors (Lipinski definition) is 7. The standard InChI is InChI=1S/C22H41NO7/c1-6-8-9-10-11-13-21(25)30-18(17-29-20(24)12-7-2)16-28-15-14-19(22(26)27)23(3,4)5/h18-19H,6-17H2,1-5H3. The fraction of sp³-hybridized carbons (Fsp3) is 0.864. The van der Waals surface area contributed by atoms with Gasteiger partial charge in [0.1, 0.15) is 12.6 Å². The molecule has 0 saturated heterocycles. The first-order chi connectivity index (χ1) is 14.1. The molecule has 0 fully saturated rings. The molecule has 0 bridgehead atoms. The zero-order chi connectivity index (χ0) is 23.0. The number of carbonyl (C=O) groups is 3. The third kappa shape index (κ3) is 14.3. The maximum absolute atomic E-state index is 12.1. The molecule has 0 heterocycles. The number of unbranched alkanes of at least 4 members (excludes halogenated alkanes) is 4. The topological polar surface area (TPSA) is 102 Å². The van der Waals surface area contributed by atoms with Crippen LogP contribution in [0, 0.1) is 0 Å². The zero-order valence-electron chi connectivity index (χ0n) is 19.4. The number of rotatable bonds is 18. The lowest BCUT2D eigenvalue weighted by atomic mass is 10.1. The van der Waals surface area contributed by atoms with E-state index in [0.29, 0.717) is 19.3 Å². The SMILES string of the molecule is CCCCCCCC(=O)OC(COCCC(C(=O)[O-])[N+](C)(C)C)COC(=O)CCC. The van der Waals surface area contributed by atoms with E-state index < -0.39 is 18.1 Å². The second-order valence-electron chi connectivity index (χ2n) is 8.52. The molecule has 0 aliphatic rings. The molecule has 0 aliphatic carbocycles. The van der Waals surface area contributed by atoms with Gasteiger partial charge in [-0.15, -0.1) is 0 Å². The van der Waals surface area contributed by atoms with E-state index in [9.17, 15) is 19.5 Å². The first-order valence-electron chi connectivity index (χ1n) is 11.1. The van der Waals surface area contributed by atoms with Gasteiger partial charge in [-0.2, -0.15) is 0 Å². The Bertz CT molecular complexity index is 502. The quantitative estimate of drug-likeness (QED) is 0.185. The van der Waals surface area contributed by atoms with E-state index in [4.69, 9.17) is 14.2 Å². The Morgan fingerprint density at radius 1 is 0.867 bits per heavy atom. The molecule has 0 aromatic rings. The fourth-order valence-electron chi connectivity index (χ4n) is 2.93. The Labute approximate surface area is 181 Å². The van der Waals surface area contributed by atoms with E-state index in [0.717, 1.165) is 32.1 Å². The fourth-order valence-corrected chi connectivity index (χ4v) is 2.93. The van der Waals surface area contributed by atoms with Gasteiger partial charge in [0, 0.05) is 19.3 Å². The van der Waals surface area contributed by atoms with Crippen molar-refractivity contribution < 1.29 is 38.2 Å². The van der Waals surface area contributed by atoms with E-state index in [1.54, 1.807) is 21.1 Å². The molecule has 30 heavy (non-hydrogen) atoms. The van der Waals surface area contributed by atoms with Crippen LogP contribution < -0.4 is 5.11 Å². The minimum Gasteiger partial charge on any atom is -0.544 e. The molecule has 0 radical (unpaired) electrons. The first kappa shape index (κ1) is 28.3. The van der Waals surface area contributed by atoms with Crippen molar-refractivity contribution in [2.75, 3.05) is 41.0 Å². The van der Waals surface area contributed by atoms with Crippen molar-refractivity contribution in [2.24, 2.45) is 0 Å². The van der Waals surface area contributed by atoms with Crippen molar-refractivity contribution in [1.29, 1.82) is 0 Å². The molecule has 0 aromatic carbocycles. The van der Waals surface area contributed by atoms with E-state index >= 15 is 0 Å². The lowest BCUT2D eigenvalue weighted by Crippen LogP contribution is -2.55. The van der Waals surface area contributed by atoms with E-state index in [2.05, 4.69) is 6.92 Å². The van der Waals surface area contributed by atoms with Crippen LogP contribution in [0.5, 0.6) is 0 Å². The van der Waals surface area contributed by atoms with Crippen LogP contribution in [-0.2, 0) is 28.6 Å². The number of carboxylic acids is 1. The van der Waals surface area contributed by atoms with Crippen molar-refractivity contribution >= 4 is 17.9 Å². The van der Waals surface area contributed by atoms with Gasteiger partial charge in [0.2, 0.25) is 0 Å². The average Bonchev–Trinajstić information content (AvgIpc) is 2.64. The summed E-state index contributed by atoms with van der Waals surface area (Å²) in [6.45, 7) is 4.15. The molecule has 2 unspecified atom stereocenters. The van der Waals surface area contributed by atoms with Crippen LogP contribution in [0.25, 0.3) is 0 Å². The molecular formula is C22H41NO7. The number of nitrogens with zero attached hydrogens (tertiary/aromatic N) is 1. The van der Waals surface area contributed by atoms with E-state index in [1.165, 1.54) is 0 Å². The Morgan fingerprint density at radius 2 is 1.53 bits per heavy atom. The van der Waals surface area contributed by atoms with Gasteiger partial charge in [-0.1, -0.05) is 39.5 Å². The van der Waals surface area contributed by atoms with Crippen LogP contribution in [0.4, 0.5) is 0 Å². The number of ether oxygens (including phenoxy) is 3. The number of carbonyl (C=O) groups excluding carboxylic acids is 3. The third-order valence-corrected chi connectivity index (χ3v) is 4.71. The molecule has 0 aliphatic heterocycles. The number of aliphatic carboxylic acids is 1. The van der Waals surface area contributed by atoms with E-state index in [1.807, 2.05) is 6.92 Å². The number of carboxylic acid groups (broad SMARTS) is 1. The summed E-state index contributed by atoms with van der Waals surface area (Å²) in [5.74, 6) is -1.82. The summed E-state index contributed by atoms with van der Waals surface area (Å²) in [6, 6.07) is -0.712. The minimum atomic E-state index is -1.13. The third-order valence-electron chi connectivity index (χ3n) is 4.71. The molecule has 0 amide bonds. The minimum absolute atomic E-state index is 0.0396. The van der Waals surface area contributed by atoms with Crippen molar-refractivity contribution in [2.45, 2.75) is 83.8 Å². The van der Waals surface area contributed by atoms with Crippen LogP contribution >= 0.6 is 0 Å². The lowest BCUT2D eigenvalue weighted by Gasteiger charge is -2.34. The summed E-state index contributed by atoms with van der Waals surface area (Å²) in [6.07, 6.45) is 5.97. The summed E-state index contributed by atoms with van der Waals surface area (Å²) in [5.41, 5.74) is 0. The largest absolute Gasteiger partial charge is 0.544 e. The smallest absolute Gasteiger partial charge is 0.306 e. The lowest BCUT2D eigenvalue weighted by molar-refractivity contribution is -0.889. The van der Waals surface area contributed by atoms with Gasteiger partial charge in [-0.3, -0.25) is 9.59 Å². The Kier molecular flexibility index (Phi) is 15.2. The molecule has 0 N–H and O–H groups in total. The van der Waals surface area contributed by atoms with Crippen molar-refractivity contribution in [1.82, 2.24) is 0 Å². The van der Waals surface area contributed by atoms with Gasteiger partial charge in [-0.25, -0.2) is 0 Å². The molecule has 0 aromatic heterocycles. The number of quaternary nitrogens is 1. The van der Waals surface area contributed by atoms with Gasteiger partial charge in [0.25, 0.3) is 0 Å². The highest BCUT2D eigenvalue weighted by Crippen LogP contribution is 2.10. The van der Waals surface area contributed by atoms with Gasteiger partial charge in [0.05, 0.1) is 40.3 Å². The maximum Gasteiger partial charge on any atom is 0.306 e. The van der Waals surface area contributed by atoms with Crippen LogP contribution in [0.15, 0.2) is 0 Å². The highest BCUT2D eigenvalue weighted by Gasteiger charge is 2.25. The molecule has 0 saturated carbocycles. The molecular weight excluding hydrogens is 390 g/mol. The summed E-state index contributed by atoms with van der Waals surface area (Å²) in [7, 11) is 5.33. The van der Waals surface area contributed by atoms with Crippen LogP contribution in [-0.4, -0.2) is 75.5 Å².